The van der Waals surface area contributed by atoms with Gasteiger partial charge >= 0.3 is 0 Å². The van der Waals surface area contributed by atoms with Gasteiger partial charge in [-0.3, -0.25) is 9.59 Å². The third-order valence-electron chi connectivity index (χ3n) is 7.59. The first-order valence-electron chi connectivity index (χ1n) is 13.8. The average Bonchev–Trinajstić information content (AvgIpc) is 3.62. The fraction of sp³-hybridized carbons (Fsp3) is 0.484. The highest BCUT2D eigenvalue weighted by Crippen LogP contribution is 2.43. The van der Waals surface area contributed by atoms with E-state index in [9.17, 15) is 14.7 Å². The summed E-state index contributed by atoms with van der Waals surface area (Å²) in [7, 11) is 1.56. The summed E-state index contributed by atoms with van der Waals surface area (Å²) in [5.41, 5.74) is 2.15. The van der Waals surface area contributed by atoms with Crippen LogP contribution in [0.15, 0.2) is 42.0 Å². The molecule has 39 heavy (non-hydrogen) atoms. The fourth-order valence-electron chi connectivity index (χ4n) is 5.53. The van der Waals surface area contributed by atoms with Gasteiger partial charge in [-0.15, -0.1) is 0 Å². The molecule has 0 spiro atoms. The first-order chi connectivity index (χ1) is 18.8. The zero-order valence-electron chi connectivity index (χ0n) is 23.1. The van der Waals surface area contributed by atoms with E-state index in [-0.39, 0.29) is 30.1 Å². The van der Waals surface area contributed by atoms with Crippen molar-refractivity contribution in [3.05, 3.63) is 58.7 Å². The molecule has 2 saturated heterocycles. The largest absolute Gasteiger partial charge is 0.507 e. The standard InChI is InChI=1S/C31H37NO7/c1-18(2)11-13-38-25-10-7-20(16-26(25)36-4)28-27(30(34)31(35)32(28)17-23-6-5-12-37-23)29(33)21-8-9-24-22(15-21)14-19(3)39-24/h7-10,15-16,18-19,23,28,33H,5-6,11-14,17H2,1-4H3/t19-,23-,28+/m0/s1. The molecule has 0 radical (unpaired) electrons. The van der Waals surface area contributed by atoms with Crippen molar-refractivity contribution >= 4 is 17.4 Å². The maximum atomic E-state index is 13.5. The number of ketones is 1. The van der Waals surface area contributed by atoms with Crippen LogP contribution in [0.3, 0.4) is 0 Å². The van der Waals surface area contributed by atoms with E-state index >= 15 is 0 Å². The van der Waals surface area contributed by atoms with E-state index in [1.807, 2.05) is 19.1 Å². The minimum absolute atomic E-state index is 0.0446. The fourth-order valence-corrected chi connectivity index (χ4v) is 5.53. The summed E-state index contributed by atoms with van der Waals surface area (Å²) in [5.74, 6) is 0.803. The Morgan fingerprint density at radius 1 is 1.15 bits per heavy atom. The molecule has 8 nitrogen and oxygen atoms in total. The average molecular weight is 536 g/mol. The zero-order valence-corrected chi connectivity index (χ0v) is 23.1. The number of carbonyl (C=O) groups excluding carboxylic acids is 2. The summed E-state index contributed by atoms with van der Waals surface area (Å²) in [5, 5.41) is 11.5. The van der Waals surface area contributed by atoms with Crippen LogP contribution in [0, 0.1) is 5.92 Å². The maximum Gasteiger partial charge on any atom is 0.295 e. The number of aliphatic hydroxyl groups excluding tert-OH is 1. The van der Waals surface area contributed by atoms with E-state index in [0.29, 0.717) is 48.2 Å². The van der Waals surface area contributed by atoms with Crippen molar-refractivity contribution in [1.82, 2.24) is 4.90 Å². The highest BCUT2D eigenvalue weighted by atomic mass is 16.5. The molecule has 3 atom stereocenters. The normalized spacial score (nSPS) is 23.8. The second-order valence-electron chi connectivity index (χ2n) is 11.0. The van der Waals surface area contributed by atoms with Crippen LogP contribution in [-0.4, -0.2) is 60.8 Å². The molecular weight excluding hydrogens is 498 g/mol. The van der Waals surface area contributed by atoms with Gasteiger partial charge in [0.2, 0.25) is 0 Å². The van der Waals surface area contributed by atoms with Gasteiger partial charge < -0.3 is 29.0 Å². The van der Waals surface area contributed by atoms with Crippen LogP contribution >= 0.6 is 0 Å². The van der Waals surface area contributed by atoms with Crippen molar-refractivity contribution in [2.45, 2.75) is 64.7 Å². The summed E-state index contributed by atoms with van der Waals surface area (Å²) in [4.78, 5) is 28.4. The maximum absolute atomic E-state index is 13.5. The van der Waals surface area contributed by atoms with Gasteiger partial charge in [0, 0.05) is 25.1 Å². The number of amides is 1. The first kappa shape index (κ1) is 27.1. The Bertz CT molecular complexity index is 1280. The number of Topliss-reactive ketones (excluding diaryl/α,β-unsaturated/α-hetero) is 1. The highest BCUT2D eigenvalue weighted by molar-refractivity contribution is 6.46. The molecule has 3 aliphatic rings. The van der Waals surface area contributed by atoms with Gasteiger partial charge in [0.05, 0.1) is 31.4 Å². The molecule has 2 aromatic carbocycles. The second-order valence-corrected chi connectivity index (χ2v) is 11.0. The van der Waals surface area contributed by atoms with Crippen molar-refractivity contribution in [3.63, 3.8) is 0 Å². The number of hydrogen-bond donors (Lipinski definition) is 1. The summed E-state index contributed by atoms with van der Waals surface area (Å²) in [6, 6.07) is 9.99. The Labute approximate surface area is 229 Å². The molecule has 3 aliphatic heterocycles. The van der Waals surface area contributed by atoms with Gasteiger partial charge in [-0.05, 0) is 73.6 Å². The molecule has 0 saturated carbocycles. The van der Waals surface area contributed by atoms with E-state index in [4.69, 9.17) is 18.9 Å². The monoisotopic (exact) mass is 535 g/mol. The molecule has 208 valence electrons. The van der Waals surface area contributed by atoms with E-state index in [1.54, 1.807) is 31.4 Å². The number of benzene rings is 2. The van der Waals surface area contributed by atoms with E-state index < -0.39 is 17.7 Å². The molecular formula is C31H37NO7. The van der Waals surface area contributed by atoms with Crippen LogP contribution in [-0.2, 0) is 20.7 Å². The van der Waals surface area contributed by atoms with E-state index in [1.165, 1.54) is 4.90 Å². The van der Waals surface area contributed by atoms with Crippen LogP contribution in [0.1, 0.15) is 62.8 Å². The quantitative estimate of drug-likeness (QED) is 0.273. The molecule has 0 bridgehead atoms. The number of likely N-dealkylation sites (tertiary alicyclic amines) is 1. The van der Waals surface area contributed by atoms with E-state index in [2.05, 4.69) is 13.8 Å². The van der Waals surface area contributed by atoms with E-state index in [0.717, 1.165) is 30.6 Å². The van der Waals surface area contributed by atoms with Crippen LogP contribution < -0.4 is 14.2 Å². The van der Waals surface area contributed by atoms with Gasteiger partial charge in [-0.2, -0.15) is 0 Å². The molecule has 5 rings (SSSR count). The lowest BCUT2D eigenvalue weighted by molar-refractivity contribution is -0.140. The summed E-state index contributed by atoms with van der Waals surface area (Å²) in [6.07, 6.45) is 3.21. The SMILES string of the molecule is COc1cc([C@@H]2C(=C(O)c3ccc4c(c3)C[C@H](C)O4)C(=O)C(=O)N2C[C@@H]2CCCO2)ccc1OCCC(C)C. The Kier molecular flexibility index (Phi) is 7.84. The molecule has 1 amide bonds. The number of nitrogens with zero attached hydrogens (tertiary/aromatic N) is 1. The van der Waals surface area contributed by atoms with Gasteiger partial charge in [-0.1, -0.05) is 19.9 Å². The highest BCUT2D eigenvalue weighted by Gasteiger charge is 2.47. The summed E-state index contributed by atoms with van der Waals surface area (Å²) >= 11 is 0. The summed E-state index contributed by atoms with van der Waals surface area (Å²) < 4.78 is 23.2. The lowest BCUT2D eigenvalue weighted by Crippen LogP contribution is -2.36. The van der Waals surface area contributed by atoms with Crippen LogP contribution in [0.2, 0.25) is 0 Å². The lowest BCUT2D eigenvalue weighted by Gasteiger charge is -2.28. The number of carbonyl (C=O) groups is 2. The Balaban J connectivity index is 1.56. The molecule has 0 aromatic heterocycles. The van der Waals surface area contributed by atoms with Gasteiger partial charge in [0.15, 0.2) is 11.5 Å². The van der Waals surface area contributed by atoms with Gasteiger partial charge in [0.25, 0.3) is 11.7 Å². The van der Waals surface area contributed by atoms with Gasteiger partial charge in [-0.25, -0.2) is 0 Å². The number of aliphatic hydroxyl groups is 1. The Morgan fingerprint density at radius 3 is 2.69 bits per heavy atom. The van der Waals surface area contributed by atoms with Crippen LogP contribution in [0.25, 0.3) is 5.76 Å². The van der Waals surface area contributed by atoms with Crippen molar-refractivity contribution in [3.8, 4) is 17.2 Å². The van der Waals surface area contributed by atoms with Crippen molar-refractivity contribution < 1.29 is 33.6 Å². The zero-order chi connectivity index (χ0) is 27.7. The number of hydrogen-bond acceptors (Lipinski definition) is 7. The number of fused-ring (bicyclic) bond motifs is 1. The number of ether oxygens (including phenoxy) is 4. The van der Waals surface area contributed by atoms with Crippen LogP contribution in [0.5, 0.6) is 17.2 Å². The van der Waals surface area contributed by atoms with Crippen molar-refractivity contribution in [2.24, 2.45) is 5.92 Å². The molecule has 2 fully saturated rings. The predicted octanol–water partition coefficient (Wildman–Crippen LogP) is 5.04. The molecule has 3 heterocycles. The Morgan fingerprint density at radius 2 is 1.97 bits per heavy atom. The smallest absolute Gasteiger partial charge is 0.295 e. The van der Waals surface area contributed by atoms with Gasteiger partial charge in [0.1, 0.15) is 17.6 Å². The molecule has 0 unspecified atom stereocenters. The van der Waals surface area contributed by atoms with Crippen LogP contribution in [0.4, 0.5) is 0 Å². The lowest BCUT2D eigenvalue weighted by atomic mass is 9.94. The Hall–Kier alpha value is -3.52. The topological polar surface area (TPSA) is 94.5 Å². The molecule has 1 N–H and O–H groups in total. The second kappa shape index (κ2) is 11.3. The minimum atomic E-state index is -0.795. The molecule has 2 aromatic rings. The molecule has 8 heteroatoms. The van der Waals surface area contributed by atoms with Crippen molar-refractivity contribution in [1.29, 1.82) is 0 Å². The number of rotatable bonds is 9. The number of methoxy groups -OCH3 is 1. The minimum Gasteiger partial charge on any atom is -0.507 e. The predicted molar refractivity (Wildman–Crippen MR) is 146 cm³/mol. The third-order valence-corrected chi connectivity index (χ3v) is 7.59. The van der Waals surface area contributed by atoms with Crippen molar-refractivity contribution in [2.75, 3.05) is 26.9 Å². The summed E-state index contributed by atoms with van der Waals surface area (Å²) in [6.45, 7) is 7.69. The third kappa shape index (κ3) is 5.48. The molecule has 0 aliphatic carbocycles. The first-order valence-corrected chi connectivity index (χ1v) is 13.8.